The van der Waals surface area contributed by atoms with Gasteiger partial charge in [-0.3, -0.25) is 0 Å². The maximum atomic E-state index is 6.13. The number of para-hydroxylation sites is 1. The third-order valence-electron chi connectivity index (χ3n) is 5.40. The Morgan fingerprint density at radius 2 is 1.76 bits per heavy atom. The van der Waals surface area contributed by atoms with Crippen molar-refractivity contribution in [2.75, 3.05) is 5.32 Å². The van der Waals surface area contributed by atoms with Crippen LogP contribution in [0, 0.1) is 13.8 Å². The van der Waals surface area contributed by atoms with Gasteiger partial charge in [0.05, 0.1) is 5.52 Å². The molecule has 142 valence electrons. The summed E-state index contributed by atoms with van der Waals surface area (Å²) < 4.78 is 6.13. The van der Waals surface area contributed by atoms with E-state index in [0.717, 1.165) is 45.9 Å². The first kappa shape index (κ1) is 17.4. The molecule has 4 heteroatoms. The van der Waals surface area contributed by atoms with Crippen molar-refractivity contribution in [2.24, 2.45) is 0 Å². The number of hydrogen-bond donors (Lipinski definition) is 1. The summed E-state index contributed by atoms with van der Waals surface area (Å²) >= 11 is 0. The molecule has 0 radical (unpaired) electrons. The number of rotatable bonds is 4. The second kappa shape index (κ2) is 7.06. The summed E-state index contributed by atoms with van der Waals surface area (Å²) in [5.74, 6) is 2.55. The number of nitrogens with zero attached hydrogens (tertiary/aromatic N) is 2. The molecule has 0 spiro atoms. The van der Waals surface area contributed by atoms with E-state index in [2.05, 4.69) is 59.5 Å². The highest BCUT2D eigenvalue weighted by atomic mass is 16.5. The summed E-state index contributed by atoms with van der Waals surface area (Å²) in [5.41, 5.74) is 6.76. The Hall–Kier alpha value is -3.66. The molecule has 0 fully saturated rings. The zero-order valence-electron chi connectivity index (χ0n) is 16.4. The summed E-state index contributed by atoms with van der Waals surface area (Å²) in [6.07, 6.45) is 6.78. The Kier molecular flexibility index (Phi) is 4.24. The van der Waals surface area contributed by atoms with Crippen molar-refractivity contribution >= 4 is 28.5 Å². The maximum absolute atomic E-state index is 6.13. The van der Waals surface area contributed by atoms with Gasteiger partial charge >= 0.3 is 0 Å². The van der Waals surface area contributed by atoms with E-state index in [1.807, 2.05) is 36.4 Å². The fourth-order valence-electron chi connectivity index (χ4n) is 3.70. The highest BCUT2D eigenvalue weighted by Crippen LogP contribution is 2.38. The molecule has 0 saturated heterocycles. The Morgan fingerprint density at radius 1 is 0.931 bits per heavy atom. The molecule has 1 aliphatic carbocycles. The molecule has 0 atom stereocenters. The summed E-state index contributed by atoms with van der Waals surface area (Å²) in [7, 11) is 0. The van der Waals surface area contributed by atoms with E-state index in [-0.39, 0.29) is 0 Å². The molecule has 4 aromatic rings. The number of nitrogens with one attached hydrogen (secondary N) is 1. The minimum Gasteiger partial charge on any atom is -0.457 e. The largest absolute Gasteiger partial charge is 0.457 e. The number of fused-ring (bicyclic) bond motifs is 2. The van der Waals surface area contributed by atoms with Gasteiger partial charge in [0.15, 0.2) is 0 Å². The first-order chi connectivity index (χ1) is 14.2. The van der Waals surface area contributed by atoms with E-state index in [1.54, 1.807) is 6.33 Å². The van der Waals surface area contributed by atoms with Gasteiger partial charge in [0.1, 0.15) is 23.6 Å². The molecule has 0 bridgehead atoms. The lowest BCUT2D eigenvalue weighted by Gasteiger charge is -2.16. The van der Waals surface area contributed by atoms with E-state index < -0.39 is 0 Å². The molecule has 0 amide bonds. The van der Waals surface area contributed by atoms with Crippen LogP contribution >= 0.6 is 0 Å². The second-order valence-corrected chi connectivity index (χ2v) is 7.33. The fraction of sp³-hybridized carbons (Fsp3) is 0.120. The number of benzene rings is 3. The number of allylic oxidation sites excluding steroid dienone is 1. The first-order valence-corrected chi connectivity index (χ1v) is 9.73. The second-order valence-electron chi connectivity index (χ2n) is 7.33. The molecule has 1 heterocycles. The molecule has 0 unspecified atom stereocenters. The summed E-state index contributed by atoms with van der Waals surface area (Å²) in [5, 5.41) is 4.55. The first-order valence-electron chi connectivity index (χ1n) is 9.73. The van der Waals surface area contributed by atoms with Crippen LogP contribution in [0.3, 0.4) is 0 Å². The molecule has 1 N–H and O–H groups in total. The third-order valence-corrected chi connectivity index (χ3v) is 5.40. The minimum atomic E-state index is 0.817. The molecule has 3 aromatic carbocycles. The normalized spacial score (nSPS) is 12.2. The lowest BCUT2D eigenvalue weighted by atomic mass is 10.0. The highest BCUT2D eigenvalue weighted by Gasteiger charge is 2.17. The van der Waals surface area contributed by atoms with Crippen molar-refractivity contribution in [3.63, 3.8) is 0 Å². The van der Waals surface area contributed by atoms with Crippen LogP contribution in [-0.4, -0.2) is 9.97 Å². The average Bonchev–Trinajstić information content (AvgIpc) is 3.23. The lowest BCUT2D eigenvalue weighted by Crippen LogP contribution is -2.00. The maximum Gasteiger partial charge on any atom is 0.141 e. The van der Waals surface area contributed by atoms with Crippen molar-refractivity contribution in [3.05, 3.63) is 89.3 Å². The number of aryl methyl sites for hydroxylation is 2. The molecule has 0 aliphatic heterocycles. The molecule has 0 saturated carbocycles. The summed E-state index contributed by atoms with van der Waals surface area (Å²) in [4.78, 5) is 8.94. The molecule has 29 heavy (non-hydrogen) atoms. The number of hydrogen-bond acceptors (Lipinski definition) is 4. The summed E-state index contributed by atoms with van der Waals surface area (Å²) in [6.45, 7) is 4.22. The number of ether oxygens (including phenoxy) is 1. The van der Waals surface area contributed by atoms with Gasteiger partial charge in [-0.1, -0.05) is 30.4 Å². The standard InChI is InChI=1S/C25H21N3O/c1-16-13-21-23(14-17(16)2)26-15-27-25(21)28-22-11-12-24(20-10-6-9-19(20)22)29-18-7-4-3-5-8-18/h3-9,11-15H,10H2,1-2H3,(H,26,27,28). The van der Waals surface area contributed by atoms with Crippen LogP contribution in [-0.2, 0) is 6.42 Å². The Balaban J connectivity index is 1.53. The monoisotopic (exact) mass is 379 g/mol. The molecule has 5 rings (SSSR count). The Morgan fingerprint density at radius 3 is 2.62 bits per heavy atom. The van der Waals surface area contributed by atoms with Gasteiger partial charge < -0.3 is 10.1 Å². The smallest absolute Gasteiger partial charge is 0.141 e. The predicted molar refractivity (Wildman–Crippen MR) is 118 cm³/mol. The van der Waals surface area contributed by atoms with Crippen LogP contribution in [0.2, 0.25) is 0 Å². The van der Waals surface area contributed by atoms with Gasteiger partial charge in [0, 0.05) is 22.2 Å². The molecular formula is C25H21N3O. The van der Waals surface area contributed by atoms with Crippen LogP contribution in [0.4, 0.5) is 11.5 Å². The van der Waals surface area contributed by atoms with Gasteiger partial charge in [-0.15, -0.1) is 0 Å². The van der Waals surface area contributed by atoms with Crippen LogP contribution in [0.15, 0.2) is 67.0 Å². The van der Waals surface area contributed by atoms with Gasteiger partial charge in [0.25, 0.3) is 0 Å². The van der Waals surface area contributed by atoms with Crippen molar-refractivity contribution in [2.45, 2.75) is 20.3 Å². The van der Waals surface area contributed by atoms with Crippen LogP contribution in [0.5, 0.6) is 11.5 Å². The predicted octanol–water partition coefficient (Wildman–Crippen LogP) is 6.35. The number of aromatic nitrogens is 2. The Bertz CT molecular complexity index is 1250. The molecule has 1 aromatic heterocycles. The van der Waals surface area contributed by atoms with Gasteiger partial charge in [-0.05, 0) is 67.8 Å². The average molecular weight is 379 g/mol. The third kappa shape index (κ3) is 3.23. The molecule has 1 aliphatic rings. The van der Waals surface area contributed by atoms with Crippen LogP contribution in [0.1, 0.15) is 22.3 Å². The quantitative estimate of drug-likeness (QED) is 0.449. The van der Waals surface area contributed by atoms with E-state index in [4.69, 9.17) is 4.74 Å². The van der Waals surface area contributed by atoms with E-state index in [1.165, 1.54) is 16.7 Å². The topological polar surface area (TPSA) is 47.0 Å². The van der Waals surface area contributed by atoms with E-state index in [0.29, 0.717) is 0 Å². The highest BCUT2D eigenvalue weighted by molar-refractivity contribution is 5.93. The van der Waals surface area contributed by atoms with Gasteiger partial charge in [-0.25, -0.2) is 9.97 Å². The fourth-order valence-corrected chi connectivity index (χ4v) is 3.70. The van der Waals surface area contributed by atoms with Crippen LogP contribution in [0.25, 0.3) is 17.0 Å². The van der Waals surface area contributed by atoms with E-state index >= 15 is 0 Å². The number of anilines is 2. The van der Waals surface area contributed by atoms with Crippen molar-refractivity contribution in [1.29, 1.82) is 0 Å². The SMILES string of the molecule is Cc1cc2ncnc(Nc3ccc(Oc4ccccc4)c4c3C=CC4)c2cc1C. The Labute approximate surface area is 169 Å². The zero-order valence-corrected chi connectivity index (χ0v) is 16.4. The van der Waals surface area contributed by atoms with E-state index in [9.17, 15) is 0 Å². The summed E-state index contributed by atoms with van der Waals surface area (Å²) in [6, 6.07) is 18.2. The van der Waals surface area contributed by atoms with Gasteiger partial charge in [0.2, 0.25) is 0 Å². The molecule has 4 nitrogen and oxygen atoms in total. The van der Waals surface area contributed by atoms with Crippen LogP contribution < -0.4 is 10.1 Å². The van der Waals surface area contributed by atoms with Crippen molar-refractivity contribution < 1.29 is 4.74 Å². The zero-order chi connectivity index (χ0) is 19.8. The molecular weight excluding hydrogens is 358 g/mol. The lowest BCUT2D eigenvalue weighted by molar-refractivity contribution is 0.478. The van der Waals surface area contributed by atoms with Gasteiger partial charge in [-0.2, -0.15) is 0 Å². The van der Waals surface area contributed by atoms with Crippen molar-refractivity contribution in [3.8, 4) is 11.5 Å². The van der Waals surface area contributed by atoms with Crippen molar-refractivity contribution in [1.82, 2.24) is 9.97 Å². The minimum absolute atomic E-state index is 0.817.